The van der Waals surface area contributed by atoms with Gasteiger partial charge >= 0.3 is 0 Å². The Morgan fingerprint density at radius 2 is 0.692 bits per heavy atom. The van der Waals surface area contributed by atoms with E-state index in [1.54, 1.807) is 0 Å². The number of furan rings is 1. The zero-order chi connectivity index (χ0) is 44.0. The Labute approximate surface area is 381 Å². The minimum atomic E-state index is -0.231. The van der Waals surface area contributed by atoms with Crippen molar-refractivity contribution in [3.8, 4) is 55.6 Å². The zero-order valence-electron chi connectivity index (χ0n) is 37.8. The van der Waals surface area contributed by atoms with E-state index in [9.17, 15) is 0 Å². The normalized spacial score (nSPS) is 15.3. The zero-order valence-corrected chi connectivity index (χ0v) is 37.8. The third kappa shape index (κ3) is 5.41. The maximum atomic E-state index is 6.33. The Hall–Kier alpha value is -7.42. The predicted octanol–water partition coefficient (Wildman–Crippen LogP) is 17.3. The first kappa shape index (κ1) is 38.1. The topological polar surface area (TPSA) is 16.4 Å². The second-order valence-electron chi connectivity index (χ2n) is 20.1. The quantitative estimate of drug-likeness (QED) is 0.172. The van der Waals surface area contributed by atoms with Crippen molar-refractivity contribution in [3.05, 3.63) is 221 Å². The van der Waals surface area contributed by atoms with Gasteiger partial charge in [-0.3, -0.25) is 0 Å². The molecular formula is C63H49NO. The van der Waals surface area contributed by atoms with E-state index in [1.165, 1.54) is 89.1 Å². The van der Waals surface area contributed by atoms with Crippen LogP contribution in [-0.4, -0.2) is 0 Å². The maximum absolute atomic E-state index is 6.33. The second kappa shape index (κ2) is 13.3. The fourth-order valence-electron chi connectivity index (χ4n) is 11.9. The lowest BCUT2D eigenvalue weighted by Gasteiger charge is -2.31. The highest BCUT2D eigenvalue weighted by Gasteiger charge is 2.40. The Morgan fingerprint density at radius 1 is 0.292 bits per heavy atom. The highest BCUT2D eigenvalue weighted by Crippen LogP contribution is 2.56. The van der Waals surface area contributed by atoms with Gasteiger partial charge in [0.2, 0.25) is 0 Å². The van der Waals surface area contributed by atoms with Crippen molar-refractivity contribution in [2.75, 3.05) is 4.90 Å². The van der Waals surface area contributed by atoms with Crippen LogP contribution in [0.15, 0.2) is 192 Å². The van der Waals surface area contributed by atoms with Gasteiger partial charge in [-0.1, -0.05) is 163 Å². The Bertz CT molecular complexity index is 3640. The molecule has 2 heteroatoms. The fraction of sp³-hybridized carbons (Fsp3) is 0.143. The smallest absolute Gasteiger partial charge is 0.136 e. The summed E-state index contributed by atoms with van der Waals surface area (Å²) >= 11 is 0. The largest absolute Gasteiger partial charge is 0.456 e. The second-order valence-corrected chi connectivity index (χ2v) is 20.1. The number of benzene rings is 9. The first-order valence-corrected chi connectivity index (χ1v) is 23.1. The van der Waals surface area contributed by atoms with E-state index in [1.807, 2.05) is 6.07 Å². The first-order chi connectivity index (χ1) is 31.5. The van der Waals surface area contributed by atoms with Crippen molar-refractivity contribution >= 4 is 39.0 Å². The van der Waals surface area contributed by atoms with Crippen LogP contribution in [0.25, 0.3) is 77.6 Å². The Balaban J connectivity index is 0.936. The summed E-state index contributed by atoms with van der Waals surface area (Å²) in [5.74, 6) is 0. The van der Waals surface area contributed by atoms with Crippen LogP contribution >= 0.6 is 0 Å². The molecule has 0 amide bonds. The average Bonchev–Trinajstić information content (AvgIpc) is 3.97. The molecule has 10 aromatic rings. The van der Waals surface area contributed by atoms with Crippen molar-refractivity contribution in [2.24, 2.45) is 0 Å². The molecule has 0 aliphatic heterocycles. The molecule has 0 atom stereocenters. The number of hydrogen-bond acceptors (Lipinski definition) is 2. The molecule has 0 unspecified atom stereocenters. The van der Waals surface area contributed by atoms with E-state index in [2.05, 4.69) is 228 Å². The molecule has 0 fully saturated rings. The summed E-state index contributed by atoms with van der Waals surface area (Å²) in [6.45, 7) is 14.3. The molecule has 3 aliphatic carbocycles. The van der Waals surface area contributed by atoms with Crippen molar-refractivity contribution in [1.82, 2.24) is 0 Å². The standard InChI is InChI=1S/C63H49NO/c1-61(2)53-18-12-10-16-45(53)48-29-23-42(35-56(48)61)64(43-24-30-49-46-26-20-39(38-14-8-7-9-15-38)32-54(46)62(3,4)57(49)36-43)44-25-31-50-47-27-21-40(33-55(47)63(5,6)58(50)37-44)41-22-28-52-51-17-11-13-19-59(51)65-60(52)34-41/h7-37H,1-6H3. The van der Waals surface area contributed by atoms with Crippen molar-refractivity contribution in [3.63, 3.8) is 0 Å². The van der Waals surface area contributed by atoms with Gasteiger partial charge in [-0.2, -0.15) is 0 Å². The van der Waals surface area contributed by atoms with Gasteiger partial charge < -0.3 is 9.32 Å². The Kier molecular flexibility index (Phi) is 7.80. The van der Waals surface area contributed by atoms with Crippen LogP contribution in [0.4, 0.5) is 17.1 Å². The molecule has 9 aromatic carbocycles. The van der Waals surface area contributed by atoms with Crippen LogP contribution in [0.2, 0.25) is 0 Å². The number of nitrogens with zero attached hydrogens (tertiary/aromatic N) is 1. The lowest BCUT2D eigenvalue weighted by molar-refractivity contribution is 0.659. The van der Waals surface area contributed by atoms with Gasteiger partial charge in [0, 0.05) is 44.1 Å². The lowest BCUT2D eigenvalue weighted by Crippen LogP contribution is -2.19. The van der Waals surface area contributed by atoms with Crippen LogP contribution in [-0.2, 0) is 16.2 Å². The molecule has 13 rings (SSSR count). The van der Waals surface area contributed by atoms with Gasteiger partial charge in [0.05, 0.1) is 0 Å². The van der Waals surface area contributed by atoms with Gasteiger partial charge in [-0.05, 0) is 156 Å². The van der Waals surface area contributed by atoms with Crippen LogP contribution in [0.1, 0.15) is 74.9 Å². The fourth-order valence-corrected chi connectivity index (χ4v) is 11.9. The van der Waals surface area contributed by atoms with Crippen LogP contribution in [0.3, 0.4) is 0 Å². The van der Waals surface area contributed by atoms with Crippen molar-refractivity contribution < 1.29 is 4.42 Å². The molecule has 0 N–H and O–H groups in total. The minimum Gasteiger partial charge on any atom is -0.456 e. The molecule has 0 bridgehead atoms. The SMILES string of the molecule is CC1(C)c2ccccc2-c2ccc(N(c3ccc4c(c3)C(C)(C)c3cc(-c5ccccc5)ccc3-4)c3ccc4c(c3)C(C)(C)c3cc(-c5ccc6c(c5)oc5ccccc56)ccc3-4)cc21. The first-order valence-electron chi connectivity index (χ1n) is 23.1. The Morgan fingerprint density at radius 3 is 1.28 bits per heavy atom. The summed E-state index contributed by atoms with van der Waals surface area (Å²) in [5, 5.41) is 2.31. The number of rotatable bonds is 5. The molecule has 312 valence electrons. The molecule has 0 spiro atoms. The summed E-state index contributed by atoms with van der Waals surface area (Å²) in [7, 11) is 0. The number of hydrogen-bond donors (Lipinski definition) is 0. The monoisotopic (exact) mass is 835 g/mol. The molecule has 1 aromatic heterocycles. The third-order valence-corrected chi connectivity index (χ3v) is 15.5. The van der Waals surface area contributed by atoms with Crippen LogP contribution in [0, 0.1) is 0 Å². The summed E-state index contributed by atoms with van der Waals surface area (Å²) in [5.41, 5.74) is 25.8. The van der Waals surface area contributed by atoms with Gasteiger partial charge in [-0.25, -0.2) is 0 Å². The van der Waals surface area contributed by atoms with E-state index >= 15 is 0 Å². The molecule has 3 aliphatic rings. The number of fused-ring (bicyclic) bond motifs is 12. The van der Waals surface area contributed by atoms with E-state index < -0.39 is 0 Å². The summed E-state index contributed by atoms with van der Waals surface area (Å²) < 4.78 is 6.33. The summed E-state index contributed by atoms with van der Waals surface area (Å²) in [6.07, 6.45) is 0. The molecule has 0 saturated carbocycles. The van der Waals surface area contributed by atoms with Crippen molar-refractivity contribution in [1.29, 1.82) is 0 Å². The minimum absolute atomic E-state index is 0.125. The lowest BCUT2D eigenvalue weighted by atomic mass is 9.81. The highest BCUT2D eigenvalue weighted by atomic mass is 16.3. The molecule has 2 nitrogen and oxygen atoms in total. The molecule has 1 heterocycles. The van der Waals surface area contributed by atoms with E-state index in [0.29, 0.717) is 0 Å². The van der Waals surface area contributed by atoms with Gasteiger partial charge in [-0.15, -0.1) is 0 Å². The third-order valence-electron chi connectivity index (χ3n) is 15.5. The van der Waals surface area contributed by atoms with E-state index in [0.717, 1.165) is 38.9 Å². The summed E-state index contributed by atoms with van der Waals surface area (Å²) in [4.78, 5) is 2.52. The van der Waals surface area contributed by atoms with Crippen LogP contribution < -0.4 is 4.90 Å². The van der Waals surface area contributed by atoms with Crippen LogP contribution in [0.5, 0.6) is 0 Å². The number of anilines is 3. The predicted molar refractivity (Wildman–Crippen MR) is 272 cm³/mol. The average molecular weight is 836 g/mol. The summed E-state index contributed by atoms with van der Waals surface area (Å²) in [6, 6.07) is 70.3. The molecule has 0 radical (unpaired) electrons. The molecule has 0 saturated heterocycles. The molecular weight excluding hydrogens is 787 g/mol. The number of para-hydroxylation sites is 1. The van der Waals surface area contributed by atoms with Gasteiger partial charge in [0.15, 0.2) is 0 Å². The maximum Gasteiger partial charge on any atom is 0.136 e. The van der Waals surface area contributed by atoms with Gasteiger partial charge in [0.25, 0.3) is 0 Å². The van der Waals surface area contributed by atoms with E-state index in [4.69, 9.17) is 4.42 Å². The molecule has 65 heavy (non-hydrogen) atoms. The van der Waals surface area contributed by atoms with Gasteiger partial charge in [0.1, 0.15) is 11.2 Å². The highest BCUT2D eigenvalue weighted by molar-refractivity contribution is 6.06. The van der Waals surface area contributed by atoms with Crippen molar-refractivity contribution in [2.45, 2.75) is 57.8 Å². The van der Waals surface area contributed by atoms with E-state index in [-0.39, 0.29) is 16.2 Å².